The van der Waals surface area contributed by atoms with Crippen LogP contribution < -0.4 is 16.0 Å². The van der Waals surface area contributed by atoms with Crippen LogP contribution in [0.25, 0.3) is 0 Å². The monoisotopic (exact) mass is 325 g/mol. The van der Waals surface area contributed by atoms with Crippen molar-refractivity contribution >= 4 is 11.9 Å². The lowest BCUT2D eigenvalue weighted by Crippen LogP contribution is -2.69. The molecular formula is C16H27N3O4. The van der Waals surface area contributed by atoms with Crippen molar-refractivity contribution < 1.29 is 19.1 Å². The van der Waals surface area contributed by atoms with Gasteiger partial charge < -0.3 is 25.4 Å². The summed E-state index contributed by atoms with van der Waals surface area (Å²) in [5, 5.41) is 9.15. The number of amides is 3. The van der Waals surface area contributed by atoms with Crippen molar-refractivity contribution in [2.24, 2.45) is 0 Å². The standard InChI is InChI=1S/C16H27N3O4/c1-22-10-11(12-4-2-9-23-12)17-15(21)18-13-5-6-14(20)19-16(13)7-3-8-16/h11-13H,2-10H2,1H3,(H,19,20)(H2,17,18,21). The van der Waals surface area contributed by atoms with E-state index in [1.54, 1.807) is 7.11 Å². The molecule has 0 aromatic heterocycles. The van der Waals surface area contributed by atoms with Gasteiger partial charge >= 0.3 is 6.03 Å². The Morgan fingerprint density at radius 1 is 1.43 bits per heavy atom. The topological polar surface area (TPSA) is 88.7 Å². The van der Waals surface area contributed by atoms with E-state index in [-0.39, 0.29) is 35.7 Å². The lowest BCUT2D eigenvalue weighted by Gasteiger charge is -2.51. The first-order valence-corrected chi connectivity index (χ1v) is 8.61. The number of nitrogens with one attached hydrogen (secondary N) is 3. The predicted molar refractivity (Wildman–Crippen MR) is 84.1 cm³/mol. The smallest absolute Gasteiger partial charge is 0.315 e. The highest BCUT2D eigenvalue weighted by Crippen LogP contribution is 2.38. The summed E-state index contributed by atoms with van der Waals surface area (Å²) in [5.41, 5.74) is -0.229. The van der Waals surface area contributed by atoms with Crippen LogP contribution in [0.15, 0.2) is 0 Å². The minimum Gasteiger partial charge on any atom is -0.382 e. The molecule has 2 aliphatic heterocycles. The van der Waals surface area contributed by atoms with Crippen LogP contribution in [-0.2, 0) is 14.3 Å². The van der Waals surface area contributed by atoms with Crippen molar-refractivity contribution in [2.45, 2.75) is 68.7 Å². The molecule has 7 heteroatoms. The average Bonchev–Trinajstić information content (AvgIpc) is 3.01. The second-order valence-corrected chi connectivity index (χ2v) is 6.88. The lowest BCUT2D eigenvalue weighted by molar-refractivity contribution is -0.127. The number of carbonyl (C=O) groups excluding carboxylic acids is 2. The van der Waals surface area contributed by atoms with Gasteiger partial charge in [-0.2, -0.15) is 0 Å². The number of ether oxygens (including phenoxy) is 2. The number of urea groups is 1. The highest BCUT2D eigenvalue weighted by atomic mass is 16.5. The molecule has 1 saturated carbocycles. The number of hydrogen-bond donors (Lipinski definition) is 3. The Hall–Kier alpha value is -1.34. The first-order chi connectivity index (χ1) is 11.1. The van der Waals surface area contributed by atoms with Crippen LogP contribution in [0.4, 0.5) is 4.79 Å². The maximum Gasteiger partial charge on any atom is 0.315 e. The molecule has 1 spiro atoms. The first kappa shape index (κ1) is 16.5. The van der Waals surface area contributed by atoms with E-state index >= 15 is 0 Å². The van der Waals surface area contributed by atoms with E-state index in [4.69, 9.17) is 9.47 Å². The van der Waals surface area contributed by atoms with Gasteiger partial charge in [-0.1, -0.05) is 0 Å². The molecule has 3 atom stereocenters. The van der Waals surface area contributed by atoms with Crippen molar-refractivity contribution in [3.63, 3.8) is 0 Å². The van der Waals surface area contributed by atoms with Gasteiger partial charge in [-0.15, -0.1) is 0 Å². The molecule has 0 aromatic rings. The average molecular weight is 325 g/mol. The minimum absolute atomic E-state index is 0.00152. The van der Waals surface area contributed by atoms with Gasteiger partial charge in [-0.05, 0) is 38.5 Å². The molecule has 1 aliphatic carbocycles. The fourth-order valence-corrected chi connectivity index (χ4v) is 3.93. The van der Waals surface area contributed by atoms with Gasteiger partial charge in [0.25, 0.3) is 0 Å². The van der Waals surface area contributed by atoms with Crippen LogP contribution in [0.1, 0.15) is 44.9 Å². The quantitative estimate of drug-likeness (QED) is 0.693. The van der Waals surface area contributed by atoms with E-state index in [0.29, 0.717) is 19.4 Å². The molecule has 3 N–H and O–H groups in total. The summed E-state index contributed by atoms with van der Waals surface area (Å²) in [6, 6.07) is -0.338. The van der Waals surface area contributed by atoms with Crippen LogP contribution in [0.2, 0.25) is 0 Å². The Labute approximate surface area is 136 Å². The molecule has 7 nitrogen and oxygen atoms in total. The summed E-state index contributed by atoms with van der Waals surface area (Å²) in [6.45, 7) is 1.18. The van der Waals surface area contributed by atoms with Gasteiger partial charge in [0, 0.05) is 20.1 Å². The molecule has 2 heterocycles. The highest BCUT2D eigenvalue weighted by molar-refractivity contribution is 5.80. The summed E-state index contributed by atoms with van der Waals surface area (Å²) in [6.07, 6.45) is 6.14. The molecule has 3 unspecified atom stereocenters. The molecule has 0 radical (unpaired) electrons. The fraction of sp³-hybridized carbons (Fsp3) is 0.875. The van der Waals surface area contributed by atoms with Gasteiger partial charge in [-0.25, -0.2) is 4.79 Å². The zero-order valence-corrected chi connectivity index (χ0v) is 13.7. The molecule has 0 bridgehead atoms. The number of rotatable bonds is 5. The Morgan fingerprint density at radius 3 is 2.87 bits per heavy atom. The SMILES string of the molecule is COCC(NC(=O)NC1CCC(=O)NC12CCC2)C1CCCO1. The number of methoxy groups -OCH3 is 1. The van der Waals surface area contributed by atoms with E-state index in [9.17, 15) is 9.59 Å². The van der Waals surface area contributed by atoms with Gasteiger partial charge in [0.2, 0.25) is 5.91 Å². The molecule has 0 aromatic carbocycles. The normalized spacial score (nSPS) is 30.4. The maximum atomic E-state index is 12.4. The molecule has 3 amide bonds. The van der Waals surface area contributed by atoms with Gasteiger partial charge in [-0.3, -0.25) is 4.79 Å². The van der Waals surface area contributed by atoms with Gasteiger partial charge in [0.05, 0.1) is 30.3 Å². The largest absolute Gasteiger partial charge is 0.382 e. The van der Waals surface area contributed by atoms with E-state index in [2.05, 4.69) is 16.0 Å². The van der Waals surface area contributed by atoms with Crippen molar-refractivity contribution in [3.8, 4) is 0 Å². The van der Waals surface area contributed by atoms with Gasteiger partial charge in [0.15, 0.2) is 0 Å². The maximum absolute atomic E-state index is 12.4. The zero-order chi connectivity index (χ0) is 16.3. The Bertz CT molecular complexity index is 447. The lowest BCUT2D eigenvalue weighted by atomic mass is 9.68. The Morgan fingerprint density at radius 2 is 2.26 bits per heavy atom. The second kappa shape index (κ2) is 7.05. The molecule has 23 heavy (non-hydrogen) atoms. The van der Waals surface area contributed by atoms with Crippen molar-refractivity contribution in [3.05, 3.63) is 0 Å². The van der Waals surface area contributed by atoms with E-state index in [0.717, 1.165) is 38.7 Å². The number of carbonyl (C=O) groups is 2. The van der Waals surface area contributed by atoms with E-state index in [1.165, 1.54) is 0 Å². The second-order valence-electron chi connectivity index (χ2n) is 6.88. The molecule has 130 valence electrons. The van der Waals surface area contributed by atoms with Crippen molar-refractivity contribution in [2.75, 3.05) is 20.3 Å². The van der Waals surface area contributed by atoms with Crippen LogP contribution in [0.3, 0.4) is 0 Å². The molecule has 3 rings (SSSR count). The molecule has 3 fully saturated rings. The van der Waals surface area contributed by atoms with Crippen LogP contribution in [0.5, 0.6) is 0 Å². The molecule has 2 saturated heterocycles. The predicted octanol–water partition coefficient (Wildman–Crippen LogP) is 0.681. The summed E-state index contributed by atoms with van der Waals surface area (Å²) in [5.74, 6) is 0.0970. The summed E-state index contributed by atoms with van der Waals surface area (Å²) < 4.78 is 10.9. The van der Waals surface area contributed by atoms with Crippen molar-refractivity contribution in [1.82, 2.24) is 16.0 Å². The van der Waals surface area contributed by atoms with Gasteiger partial charge in [0.1, 0.15) is 0 Å². The number of piperidine rings is 1. The van der Waals surface area contributed by atoms with E-state index < -0.39 is 0 Å². The Kier molecular flexibility index (Phi) is 5.06. The molecular weight excluding hydrogens is 298 g/mol. The van der Waals surface area contributed by atoms with Crippen LogP contribution in [-0.4, -0.2) is 56.0 Å². The summed E-state index contributed by atoms with van der Waals surface area (Å²) >= 11 is 0. The summed E-state index contributed by atoms with van der Waals surface area (Å²) in [7, 11) is 1.63. The third-order valence-electron chi connectivity index (χ3n) is 5.34. The van der Waals surface area contributed by atoms with Crippen LogP contribution in [0, 0.1) is 0 Å². The van der Waals surface area contributed by atoms with Crippen LogP contribution >= 0.6 is 0 Å². The first-order valence-electron chi connectivity index (χ1n) is 8.61. The third-order valence-corrected chi connectivity index (χ3v) is 5.34. The fourth-order valence-electron chi connectivity index (χ4n) is 3.93. The minimum atomic E-state index is -0.229. The summed E-state index contributed by atoms with van der Waals surface area (Å²) in [4.78, 5) is 24.1. The zero-order valence-electron chi connectivity index (χ0n) is 13.7. The van der Waals surface area contributed by atoms with Crippen molar-refractivity contribution in [1.29, 1.82) is 0 Å². The molecule has 3 aliphatic rings. The Balaban J connectivity index is 1.56. The number of hydrogen-bond acceptors (Lipinski definition) is 4. The van der Waals surface area contributed by atoms with E-state index in [1.807, 2.05) is 0 Å². The third kappa shape index (κ3) is 3.61. The highest BCUT2D eigenvalue weighted by Gasteiger charge is 2.48.